The molecule has 4 N–H and O–H groups in total. The predicted octanol–water partition coefficient (Wildman–Crippen LogP) is -0.809. The average molecular weight is 429 g/mol. The van der Waals surface area contributed by atoms with Crippen LogP contribution in [0.15, 0.2) is 41.6 Å². The molecule has 3 heterocycles. The number of nitrogens with one attached hydrogen (secondary N) is 1. The Kier molecular flexibility index (Phi) is 5.26. The number of amides is 2. The first kappa shape index (κ1) is 20.0. The summed E-state index contributed by atoms with van der Waals surface area (Å²) in [6.07, 6.45) is 0.213. The van der Waals surface area contributed by atoms with Crippen molar-refractivity contribution in [2.24, 2.45) is 12.8 Å². The van der Waals surface area contributed by atoms with Gasteiger partial charge in [-0.15, -0.1) is 16.9 Å². The molecule has 30 heavy (non-hydrogen) atoms. The van der Waals surface area contributed by atoms with Crippen LogP contribution in [-0.4, -0.2) is 65.2 Å². The summed E-state index contributed by atoms with van der Waals surface area (Å²) in [6, 6.07) is 7.07. The van der Waals surface area contributed by atoms with Crippen molar-refractivity contribution < 1.29 is 19.5 Å². The van der Waals surface area contributed by atoms with Gasteiger partial charge in [0.2, 0.25) is 5.91 Å². The first-order valence-corrected chi connectivity index (χ1v) is 10.2. The monoisotopic (exact) mass is 429 g/mol. The number of aromatic nitrogens is 4. The lowest BCUT2D eigenvalue weighted by Gasteiger charge is -2.49. The maximum Gasteiger partial charge on any atom is 0.352 e. The number of hydrogen-bond acceptors (Lipinski definition) is 8. The van der Waals surface area contributed by atoms with Gasteiger partial charge in [0, 0.05) is 19.2 Å². The lowest BCUT2D eigenvalue weighted by atomic mass is 10.00. The highest BCUT2D eigenvalue weighted by atomic mass is 32.2. The molecule has 1 saturated heterocycles. The molecule has 2 aliphatic heterocycles. The fraction of sp³-hybridized carbons (Fsp3) is 0.333. The minimum Gasteiger partial charge on any atom is -0.477 e. The lowest BCUT2D eigenvalue weighted by molar-refractivity contribution is -0.150. The highest BCUT2D eigenvalue weighted by Crippen LogP contribution is 2.41. The molecule has 0 bridgehead atoms. The number of carboxylic acid groups (broad SMARTS) is 1. The van der Waals surface area contributed by atoms with E-state index in [1.807, 2.05) is 6.07 Å². The minimum absolute atomic E-state index is 0.0791. The van der Waals surface area contributed by atoms with Crippen LogP contribution in [0.25, 0.3) is 0 Å². The van der Waals surface area contributed by atoms with Crippen molar-refractivity contribution in [3.63, 3.8) is 0 Å². The summed E-state index contributed by atoms with van der Waals surface area (Å²) < 4.78 is 1.45. The molecule has 1 fully saturated rings. The number of thioether (sulfide) groups is 1. The summed E-state index contributed by atoms with van der Waals surface area (Å²) >= 11 is 1.38. The summed E-state index contributed by atoms with van der Waals surface area (Å²) in [5.74, 6) is -1.30. The summed E-state index contributed by atoms with van der Waals surface area (Å²) in [5.41, 5.74) is 7.09. The molecule has 2 aromatic rings. The number of nitrogens with zero attached hydrogens (tertiary/aromatic N) is 5. The van der Waals surface area contributed by atoms with Crippen LogP contribution < -0.4 is 11.1 Å². The van der Waals surface area contributed by atoms with Crippen LogP contribution in [0.4, 0.5) is 0 Å². The fourth-order valence-corrected chi connectivity index (χ4v) is 4.81. The summed E-state index contributed by atoms with van der Waals surface area (Å²) in [4.78, 5) is 38.4. The van der Waals surface area contributed by atoms with Crippen molar-refractivity contribution >= 4 is 29.5 Å². The molecule has 12 heteroatoms. The van der Waals surface area contributed by atoms with E-state index in [0.29, 0.717) is 22.7 Å². The van der Waals surface area contributed by atoms with E-state index in [2.05, 4.69) is 20.8 Å². The summed E-state index contributed by atoms with van der Waals surface area (Å²) in [5, 5.41) is 23.1. The SMILES string of the molecule is Cn1nnnc1CC1=C(C(=O)O)N2C(=O)C(NC(=O)[C@H](N)c3ccccc3)[C@H]2SC1. The van der Waals surface area contributed by atoms with Gasteiger partial charge >= 0.3 is 5.97 Å². The molecule has 0 aliphatic carbocycles. The third-order valence-electron chi connectivity index (χ3n) is 5.07. The zero-order valence-corrected chi connectivity index (χ0v) is 16.7. The molecule has 4 rings (SSSR count). The number of fused-ring (bicyclic) bond motifs is 1. The Balaban J connectivity index is 1.51. The number of carbonyl (C=O) groups excluding carboxylic acids is 2. The number of carboxylic acids is 1. The Bertz CT molecular complexity index is 1040. The van der Waals surface area contributed by atoms with E-state index in [4.69, 9.17) is 5.73 Å². The largest absolute Gasteiger partial charge is 0.477 e. The molecule has 0 saturated carbocycles. The fourth-order valence-electron chi connectivity index (χ4n) is 3.46. The van der Waals surface area contributed by atoms with Crippen molar-refractivity contribution in [1.82, 2.24) is 30.4 Å². The molecule has 3 atom stereocenters. The van der Waals surface area contributed by atoms with Gasteiger partial charge in [0.15, 0.2) is 5.82 Å². The number of carbonyl (C=O) groups is 3. The average Bonchev–Trinajstić information content (AvgIpc) is 3.15. The van der Waals surface area contributed by atoms with Crippen molar-refractivity contribution in [2.45, 2.75) is 23.9 Å². The third kappa shape index (κ3) is 3.44. The molecule has 0 radical (unpaired) electrons. The Morgan fingerprint density at radius 1 is 1.37 bits per heavy atom. The first-order valence-electron chi connectivity index (χ1n) is 9.10. The second-order valence-corrected chi connectivity index (χ2v) is 8.04. The van der Waals surface area contributed by atoms with Crippen molar-refractivity contribution in [3.8, 4) is 0 Å². The number of nitrogens with two attached hydrogens (primary N) is 1. The van der Waals surface area contributed by atoms with Crippen LogP contribution in [0.5, 0.6) is 0 Å². The molecular formula is C18H19N7O4S. The molecule has 156 valence electrons. The number of rotatable bonds is 6. The molecular weight excluding hydrogens is 410 g/mol. The molecule has 2 aliphatic rings. The van der Waals surface area contributed by atoms with Crippen LogP contribution in [0.2, 0.25) is 0 Å². The smallest absolute Gasteiger partial charge is 0.352 e. The number of aliphatic carboxylic acids is 1. The second kappa shape index (κ2) is 7.88. The molecule has 2 amide bonds. The van der Waals surface area contributed by atoms with E-state index in [1.165, 1.54) is 21.3 Å². The zero-order valence-electron chi connectivity index (χ0n) is 15.9. The summed E-state index contributed by atoms with van der Waals surface area (Å²) in [6.45, 7) is 0. The van der Waals surface area contributed by atoms with Gasteiger partial charge in [-0.25, -0.2) is 9.48 Å². The Labute approximate surface area is 175 Å². The van der Waals surface area contributed by atoms with Gasteiger partial charge in [-0.2, -0.15) is 0 Å². The Hall–Kier alpha value is -3.25. The van der Waals surface area contributed by atoms with Crippen LogP contribution in [0.1, 0.15) is 17.4 Å². The van der Waals surface area contributed by atoms with Crippen molar-refractivity contribution in [3.05, 3.63) is 53.0 Å². The van der Waals surface area contributed by atoms with E-state index < -0.39 is 35.2 Å². The number of tetrazole rings is 1. The van der Waals surface area contributed by atoms with E-state index in [-0.39, 0.29) is 12.1 Å². The van der Waals surface area contributed by atoms with E-state index in [9.17, 15) is 19.5 Å². The quantitative estimate of drug-likeness (QED) is 0.500. The van der Waals surface area contributed by atoms with Gasteiger partial charge in [-0.3, -0.25) is 14.5 Å². The minimum atomic E-state index is -1.20. The maximum absolute atomic E-state index is 12.7. The molecule has 1 aromatic heterocycles. The van der Waals surface area contributed by atoms with Gasteiger partial charge < -0.3 is 16.2 Å². The number of benzene rings is 1. The van der Waals surface area contributed by atoms with E-state index >= 15 is 0 Å². The Morgan fingerprint density at radius 2 is 2.10 bits per heavy atom. The third-order valence-corrected chi connectivity index (χ3v) is 6.41. The van der Waals surface area contributed by atoms with Crippen LogP contribution in [0, 0.1) is 0 Å². The highest BCUT2D eigenvalue weighted by Gasteiger charge is 2.54. The first-order chi connectivity index (χ1) is 14.4. The zero-order chi connectivity index (χ0) is 21.4. The van der Waals surface area contributed by atoms with E-state index in [0.717, 1.165) is 0 Å². The van der Waals surface area contributed by atoms with Gasteiger partial charge in [0.05, 0.1) is 0 Å². The number of aryl methyl sites for hydroxylation is 1. The van der Waals surface area contributed by atoms with Crippen molar-refractivity contribution in [1.29, 1.82) is 0 Å². The van der Waals surface area contributed by atoms with E-state index in [1.54, 1.807) is 31.3 Å². The normalized spacial score (nSPS) is 21.7. The molecule has 0 spiro atoms. The van der Waals surface area contributed by atoms with Gasteiger partial charge in [0.25, 0.3) is 5.91 Å². The van der Waals surface area contributed by atoms with Gasteiger partial charge in [-0.1, -0.05) is 30.3 Å². The number of hydrogen-bond donors (Lipinski definition) is 3. The van der Waals surface area contributed by atoms with Crippen molar-refractivity contribution in [2.75, 3.05) is 5.75 Å². The van der Waals surface area contributed by atoms with Crippen LogP contribution in [-0.2, 0) is 27.9 Å². The van der Waals surface area contributed by atoms with Crippen LogP contribution in [0.3, 0.4) is 0 Å². The summed E-state index contributed by atoms with van der Waals surface area (Å²) in [7, 11) is 1.66. The standard InChI is InChI=1S/C18H19N7O4S/c1-24-11(21-22-23-24)7-10-8-30-17-13(16(27)25(17)14(10)18(28)29)20-15(26)12(19)9-5-3-2-4-6-9/h2-6,12-13,17H,7-8,19H2,1H3,(H,20,26)(H,28,29)/t12-,13?,17-/m1/s1. The lowest BCUT2D eigenvalue weighted by Crippen LogP contribution is -2.71. The van der Waals surface area contributed by atoms with Gasteiger partial charge in [0.1, 0.15) is 23.2 Å². The molecule has 1 unspecified atom stereocenters. The van der Waals surface area contributed by atoms with Gasteiger partial charge in [-0.05, 0) is 21.6 Å². The predicted molar refractivity (Wildman–Crippen MR) is 106 cm³/mol. The molecule has 1 aromatic carbocycles. The highest BCUT2D eigenvalue weighted by molar-refractivity contribution is 8.00. The molecule has 11 nitrogen and oxygen atoms in total. The maximum atomic E-state index is 12.7. The second-order valence-electron chi connectivity index (χ2n) is 6.94. The topological polar surface area (TPSA) is 156 Å². The Morgan fingerprint density at radius 3 is 2.73 bits per heavy atom. The van der Waals surface area contributed by atoms with Crippen LogP contribution >= 0.6 is 11.8 Å². The number of β-lactam (4-membered cyclic amide) rings is 1.